The van der Waals surface area contributed by atoms with Gasteiger partial charge in [0.05, 0.1) is 12.2 Å². The molecule has 4 heteroatoms. The van der Waals surface area contributed by atoms with E-state index in [0.29, 0.717) is 6.61 Å². The lowest BCUT2D eigenvalue weighted by atomic mass is 10.1. The molecule has 0 aliphatic rings. The Hall–Kier alpha value is -2.36. The molecule has 0 aliphatic heterocycles. The van der Waals surface area contributed by atoms with Crippen LogP contribution in [0.3, 0.4) is 0 Å². The van der Waals surface area contributed by atoms with Crippen molar-refractivity contribution in [3.8, 4) is 0 Å². The van der Waals surface area contributed by atoms with Crippen molar-refractivity contribution in [2.45, 2.75) is 19.8 Å². The fraction of sp³-hybridized carbons (Fsp3) is 0.250. The van der Waals surface area contributed by atoms with Gasteiger partial charge in [-0.1, -0.05) is 36.9 Å². The molecule has 0 radical (unpaired) electrons. The summed E-state index contributed by atoms with van der Waals surface area (Å²) in [6, 6.07) is 9.97. The molecule has 20 heavy (non-hydrogen) atoms. The number of hydrogen-bond acceptors (Lipinski definition) is 4. The van der Waals surface area contributed by atoms with Crippen molar-refractivity contribution in [3.63, 3.8) is 0 Å². The van der Waals surface area contributed by atoms with Crippen molar-refractivity contribution in [2.75, 3.05) is 6.61 Å². The van der Waals surface area contributed by atoms with E-state index in [1.807, 2.05) is 30.3 Å². The smallest absolute Gasteiger partial charge is 0.336 e. The molecular weight excluding hydrogens is 256 g/mol. The van der Waals surface area contributed by atoms with E-state index in [2.05, 4.69) is 11.3 Å². The van der Waals surface area contributed by atoms with Crippen LogP contribution in [0.4, 0.5) is 0 Å². The molecule has 1 rings (SSSR count). The molecule has 1 aromatic rings. The van der Waals surface area contributed by atoms with Gasteiger partial charge in [0.15, 0.2) is 0 Å². The second-order valence-electron chi connectivity index (χ2n) is 4.17. The lowest BCUT2D eigenvalue weighted by Crippen LogP contribution is -2.08. The second-order valence-corrected chi connectivity index (χ2v) is 4.17. The zero-order valence-electron chi connectivity index (χ0n) is 11.5. The van der Waals surface area contributed by atoms with Crippen LogP contribution in [0.25, 0.3) is 0 Å². The Balaban J connectivity index is 2.25. The lowest BCUT2D eigenvalue weighted by Gasteiger charge is -2.05. The largest absolute Gasteiger partial charge is 0.462 e. The van der Waals surface area contributed by atoms with Crippen LogP contribution in [0, 0.1) is 0 Å². The number of hydrogen-bond donors (Lipinski definition) is 0. The number of carbonyl (C=O) groups is 2. The first-order valence-corrected chi connectivity index (χ1v) is 6.34. The van der Waals surface area contributed by atoms with Crippen LogP contribution in [0.1, 0.15) is 18.9 Å². The highest BCUT2D eigenvalue weighted by Gasteiger charge is 2.06. The van der Waals surface area contributed by atoms with Gasteiger partial charge in [-0.05, 0) is 25.3 Å². The minimum Gasteiger partial charge on any atom is -0.462 e. The molecule has 0 fully saturated rings. The highest BCUT2D eigenvalue weighted by molar-refractivity contribution is 5.88. The fourth-order valence-electron chi connectivity index (χ4n) is 1.44. The first-order valence-electron chi connectivity index (χ1n) is 6.34. The van der Waals surface area contributed by atoms with Crippen LogP contribution < -0.4 is 0 Å². The van der Waals surface area contributed by atoms with Crippen LogP contribution in [0.15, 0.2) is 54.8 Å². The van der Waals surface area contributed by atoms with Gasteiger partial charge in [-0.2, -0.15) is 0 Å². The van der Waals surface area contributed by atoms with Gasteiger partial charge in [0, 0.05) is 6.08 Å². The molecule has 0 unspecified atom stereocenters. The van der Waals surface area contributed by atoms with Gasteiger partial charge in [-0.15, -0.1) is 0 Å². The Morgan fingerprint density at radius 1 is 1.25 bits per heavy atom. The molecule has 0 heterocycles. The van der Waals surface area contributed by atoms with E-state index < -0.39 is 11.9 Å². The van der Waals surface area contributed by atoms with Crippen molar-refractivity contribution >= 4 is 11.9 Å². The summed E-state index contributed by atoms with van der Waals surface area (Å²) in [5.41, 5.74) is 1.44. The van der Waals surface area contributed by atoms with Crippen LogP contribution in [-0.2, 0) is 25.5 Å². The quantitative estimate of drug-likeness (QED) is 0.332. The van der Waals surface area contributed by atoms with Gasteiger partial charge >= 0.3 is 11.9 Å². The van der Waals surface area contributed by atoms with Gasteiger partial charge < -0.3 is 9.47 Å². The topological polar surface area (TPSA) is 52.6 Å². The van der Waals surface area contributed by atoms with Gasteiger partial charge in [0.2, 0.25) is 0 Å². The molecule has 106 valence electrons. The van der Waals surface area contributed by atoms with Gasteiger partial charge in [-0.3, -0.25) is 0 Å². The maximum absolute atomic E-state index is 11.5. The standard InChI is InChI=1S/C16H18O4/c1-3-15(17)20-12-13(2)16(18)19-11-7-10-14-8-5-4-6-9-14/h3-6,8-9,12H,1,7,10-11H2,2H3. The number of benzene rings is 1. The molecule has 0 aromatic heterocycles. The highest BCUT2D eigenvalue weighted by Crippen LogP contribution is 2.04. The number of carbonyl (C=O) groups excluding carboxylic acids is 2. The molecule has 0 N–H and O–H groups in total. The van der Waals surface area contributed by atoms with E-state index in [9.17, 15) is 9.59 Å². The summed E-state index contributed by atoms with van der Waals surface area (Å²) in [5.74, 6) is -1.10. The summed E-state index contributed by atoms with van der Waals surface area (Å²) in [6.07, 6.45) is 3.69. The molecule has 0 spiro atoms. The third-order valence-electron chi connectivity index (χ3n) is 2.53. The number of aryl methyl sites for hydroxylation is 1. The average Bonchev–Trinajstić information content (AvgIpc) is 2.49. The molecule has 0 saturated carbocycles. The van der Waals surface area contributed by atoms with Crippen molar-refractivity contribution in [1.82, 2.24) is 0 Å². The minimum absolute atomic E-state index is 0.236. The number of ether oxygens (including phenoxy) is 2. The summed E-state index contributed by atoms with van der Waals surface area (Å²) < 4.78 is 9.70. The molecule has 0 amide bonds. The molecule has 0 atom stereocenters. The van der Waals surface area contributed by atoms with Crippen LogP contribution in [-0.4, -0.2) is 18.5 Å². The first-order chi connectivity index (χ1) is 9.63. The Morgan fingerprint density at radius 2 is 1.95 bits per heavy atom. The number of esters is 2. The minimum atomic E-state index is -0.610. The molecule has 4 nitrogen and oxygen atoms in total. The van der Waals surface area contributed by atoms with E-state index in [-0.39, 0.29) is 5.57 Å². The normalized spacial score (nSPS) is 10.8. The Bertz CT molecular complexity index is 488. The third kappa shape index (κ3) is 6.00. The first kappa shape index (κ1) is 15.7. The summed E-state index contributed by atoms with van der Waals surface area (Å²) in [4.78, 5) is 22.4. The average molecular weight is 274 g/mol. The lowest BCUT2D eigenvalue weighted by molar-refractivity contribution is -0.139. The Morgan fingerprint density at radius 3 is 2.60 bits per heavy atom. The van der Waals surface area contributed by atoms with Gasteiger partial charge in [-0.25, -0.2) is 9.59 Å². The summed E-state index contributed by atoms with van der Waals surface area (Å²) >= 11 is 0. The zero-order valence-corrected chi connectivity index (χ0v) is 11.5. The van der Waals surface area contributed by atoms with Crippen molar-refractivity contribution in [3.05, 3.63) is 60.4 Å². The summed E-state index contributed by atoms with van der Waals surface area (Å²) in [7, 11) is 0. The molecule has 0 aliphatic carbocycles. The predicted molar refractivity (Wildman–Crippen MR) is 75.8 cm³/mol. The molecule has 0 bridgehead atoms. The van der Waals surface area contributed by atoms with Crippen LogP contribution in [0.2, 0.25) is 0 Å². The van der Waals surface area contributed by atoms with Gasteiger partial charge in [0.25, 0.3) is 0 Å². The van der Waals surface area contributed by atoms with E-state index in [1.54, 1.807) is 0 Å². The van der Waals surface area contributed by atoms with Crippen LogP contribution in [0.5, 0.6) is 0 Å². The molecule has 0 saturated heterocycles. The van der Waals surface area contributed by atoms with Gasteiger partial charge in [0.1, 0.15) is 6.26 Å². The van der Waals surface area contributed by atoms with E-state index in [1.165, 1.54) is 12.5 Å². The highest BCUT2D eigenvalue weighted by atomic mass is 16.5. The Labute approximate surface area is 118 Å². The van der Waals surface area contributed by atoms with E-state index >= 15 is 0 Å². The summed E-state index contributed by atoms with van der Waals surface area (Å²) in [6.45, 7) is 5.10. The van der Waals surface area contributed by atoms with Crippen molar-refractivity contribution in [2.24, 2.45) is 0 Å². The van der Waals surface area contributed by atoms with E-state index in [4.69, 9.17) is 4.74 Å². The zero-order chi connectivity index (χ0) is 14.8. The van der Waals surface area contributed by atoms with Crippen molar-refractivity contribution < 1.29 is 19.1 Å². The summed E-state index contributed by atoms with van der Waals surface area (Å²) in [5, 5.41) is 0. The van der Waals surface area contributed by atoms with Crippen LogP contribution >= 0.6 is 0 Å². The number of rotatable bonds is 7. The Kier molecular flexibility index (Phi) is 6.82. The van der Waals surface area contributed by atoms with Crippen molar-refractivity contribution in [1.29, 1.82) is 0 Å². The second kappa shape index (κ2) is 8.69. The SMILES string of the molecule is C=CC(=O)OC=C(C)C(=O)OCCCc1ccccc1. The van der Waals surface area contributed by atoms with E-state index in [0.717, 1.165) is 25.2 Å². The molecular formula is C16H18O4. The predicted octanol–water partition coefficient (Wildman–Crippen LogP) is 2.80. The maximum Gasteiger partial charge on any atom is 0.336 e. The molecule has 1 aromatic carbocycles. The maximum atomic E-state index is 11.5. The monoisotopic (exact) mass is 274 g/mol. The third-order valence-corrected chi connectivity index (χ3v) is 2.53. The fourth-order valence-corrected chi connectivity index (χ4v) is 1.44.